The normalized spacial score (nSPS) is 10.8. The number of carbonyl (C=O) groups is 1. The van der Waals surface area contributed by atoms with E-state index >= 15 is 0 Å². The number of aromatic nitrogens is 6. The van der Waals surface area contributed by atoms with Gasteiger partial charge in [-0.25, -0.2) is 29.0 Å². The Hall–Kier alpha value is -5.39. The van der Waals surface area contributed by atoms with Crippen molar-refractivity contribution < 1.29 is 19.0 Å². The van der Waals surface area contributed by atoms with Crippen molar-refractivity contribution in [3.8, 4) is 34.2 Å². The van der Waals surface area contributed by atoms with Crippen LogP contribution in [0.1, 0.15) is 23.0 Å². The zero-order valence-electron chi connectivity index (χ0n) is 20.0. The average molecular weight is 513 g/mol. The SMILES string of the molecule is CCc1c(C(=O)Nc2ccc(Oc3ccc(O)c(-c4ccnc(N)n4)c3)c(F)c2)cnn1-c1cncnc1. The molecule has 0 radical (unpaired) electrons. The molecule has 38 heavy (non-hydrogen) atoms. The van der Waals surface area contributed by atoms with E-state index < -0.39 is 11.7 Å². The summed E-state index contributed by atoms with van der Waals surface area (Å²) in [6.45, 7) is 1.90. The first-order valence-electron chi connectivity index (χ1n) is 11.5. The summed E-state index contributed by atoms with van der Waals surface area (Å²) < 4.78 is 22.2. The topological polar surface area (TPSA) is 154 Å². The van der Waals surface area contributed by atoms with E-state index in [2.05, 4.69) is 30.4 Å². The molecule has 0 saturated heterocycles. The highest BCUT2D eigenvalue weighted by molar-refractivity contribution is 6.05. The third kappa shape index (κ3) is 4.95. The first kappa shape index (κ1) is 24.3. The molecule has 0 fully saturated rings. The molecule has 5 rings (SSSR count). The molecule has 0 aliphatic rings. The quantitative estimate of drug-likeness (QED) is 0.292. The lowest BCUT2D eigenvalue weighted by atomic mass is 10.1. The van der Waals surface area contributed by atoms with Gasteiger partial charge >= 0.3 is 0 Å². The van der Waals surface area contributed by atoms with Crippen molar-refractivity contribution in [2.24, 2.45) is 0 Å². The van der Waals surface area contributed by atoms with E-state index in [1.165, 1.54) is 49.1 Å². The molecule has 0 aliphatic carbocycles. The standard InChI is InChI=1S/C26H21FN8O3/c1-2-22-19(13-32-35(22)16-11-29-14-30-12-16)25(37)33-15-3-6-24(20(27)9-15)38-17-4-5-23(36)18(10-17)21-7-8-31-26(28)34-21/h3-14,36H,2H2,1H3,(H,33,37)(H2,28,31,34). The summed E-state index contributed by atoms with van der Waals surface area (Å²) >= 11 is 0. The maximum absolute atomic E-state index is 14.9. The van der Waals surface area contributed by atoms with Gasteiger partial charge in [-0.05, 0) is 42.8 Å². The van der Waals surface area contributed by atoms with Crippen LogP contribution in [0, 0.1) is 5.82 Å². The van der Waals surface area contributed by atoms with Crippen LogP contribution in [-0.4, -0.2) is 40.7 Å². The molecular weight excluding hydrogens is 491 g/mol. The first-order valence-corrected chi connectivity index (χ1v) is 11.5. The smallest absolute Gasteiger partial charge is 0.259 e. The van der Waals surface area contributed by atoms with Gasteiger partial charge in [-0.3, -0.25) is 4.79 Å². The van der Waals surface area contributed by atoms with Crippen molar-refractivity contribution in [3.63, 3.8) is 0 Å². The molecule has 0 aliphatic heterocycles. The molecule has 4 N–H and O–H groups in total. The molecule has 3 aromatic heterocycles. The number of phenols is 1. The Morgan fingerprint density at radius 2 is 1.95 bits per heavy atom. The minimum Gasteiger partial charge on any atom is -0.507 e. The van der Waals surface area contributed by atoms with Crippen LogP contribution in [0.4, 0.5) is 16.0 Å². The summed E-state index contributed by atoms with van der Waals surface area (Å²) in [5, 5.41) is 17.2. The zero-order chi connectivity index (χ0) is 26.6. The molecule has 2 aromatic carbocycles. The van der Waals surface area contributed by atoms with Crippen LogP contribution >= 0.6 is 0 Å². The number of phenolic OH excluding ortho intramolecular Hbond substituents is 1. The number of nitrogens with zero attached hydrogens (tertiary/aromatic N) is 6. The number of hydrogen-bond acceptors (Lipinski definition) is 9. The molecule has 0 atom stereocenters. The van der Waals surface area contributed by atoms with Gasteiger partial charge in [0.2, 0.25) is 5.95 Å². The second-order valence-electron chi connectivity index (χ2n) is 8.05. The molecule has 12 heteroatoms. The van der Waals surface area contributed by atoms with E-state index in [1.807, 2.05) is 6.92 Å². The Morgan fingerprint density at radius 1 is 1.13 bits per heavy atom. The number of anilines is 2. The van der Waals surface area contributed by atoms with Crippen LogP contribution < -0.4 is 15.8 Å². The molecule has 190 valence electrons. The van der Waals surface area contributed by atoms with E-state index in [0.29, 0.717) is 34.6 Å². The highest BCUT2D eigenvalue weighted by Gasteiger charge is 2.18. The summed E-state index contributed by atoms with van der Waals surface area (Å²) in [6.07, 6.45) is 8.02. The van der Waals surface area contributed by atoms with E-state index in [-0.39, 0.29) is 28.9 Å². The Kier molecular flexibility index (Phi) is 6.59. The lowest BCUT2D eigenvalue weighted by molar-refractivity contribution is 0.102. The van der Waals surface area contributed by atoms with E-state index in [1.54, 1.807) is 23.1 Å². The number of ether oxygens (including phenoxy) is 1. The molecular formula is C26H21FN8O3. The predicted molar refractivity (Wildman–Crippen MR) is 137 cm³/mol. The van der Waals surface area contributed by atoms with Gasteiger partial charge in [-0.1, -0.05) is 6.92 Å². The zero-order valence-corrected chi connectivity index (χ0v) is 20.0. The number of nitrogen functional groups attached to an aromatic ring is 1. The summed E-state index contributed by atoms with van der Waals surface area (Å²) in [4.78, 5) is 28.9. The Labute approximate surface area is 215 Å². The monoisotopic (exact) mass is 512 g/mol. The van der Waals surface area contributed by atoms with Crippen LogP contribution in [0.15, 0.2) is 73.6 Å². The molecule has 0 bridgehead atoms. The van der Waals surface area contributed by atoms with E-state index in [0.717, 1.165) is 6.07 Å². The number of nitrogens with two attached hydrogens (primary N) is 1. The highest BCUT2D eigenvalue weighted by Crippen LogP contribution is 2.34. The summed E-state index contributed by atoms with van der Waals surface area (Å²) in [5.41, 5.74) is 8.22. The second kappa shape index (κ2) is 10.3. The van der Waals surface area contributed by atoms with Crippen molar-refractivity contribution >= 4 is 17.5 Å². The number of aromatic hydroxyl groups is 1. The molecule has 3 heterocycles. The van der Waals surface area contributed by atoms with Crippen molar-refractivity contribution in [1.82, 2.24) is 29.7 Å². The average Bonchev–Trinajstić information content (AvgIpc) is 3.36. The van der Waals surface area contributed by atoms with Gasteiger partial charge in [0.1, 0.15) is 23.5 Å². The molecule has 0 unspecified atom stereocenters. The van der Waals surface area contributed by atoms with Crippen LogP contribution in [0.5, 0.6) is 17.2 Å². The predicted octanol–water partition coefficient (Wildman–Crippen LogP) is 4.15. The molecule has 5 aromatic rings. The minimum absolute atomic E-state index is 0.0457. The lowest BCUT2D eigenvalue weighted by Gasteiger charge is -2.12. The number of amides is 1. The van der Waals surface area contributed by atoms with Crippen LogP contribution in [0.3, 0.4) is 0 Å². The van der Waals surface area contributed by atoms with Crippen LogP contribution in [0.25, 0.3) is 16.9 Å². The lowest BCUT2D eigenvalue weighted by Crippen LogP contribution is -2.14. The number of nitrogens with one attached hydrogen (secondary N) is 1. The summed E-state index contributed by atoms with van der Waals surface area (Å²) in [7, 11) is 0. The number of hydrogen-bond donors (Lipinski definition) is 3. The van der Waals surface area contributed by atoms with Gasteiger partial charge in [0.25, 0.3) is 5.91 Å². The first-order chi connectivity index (χ1) is 18.4. The van der Waals surface area contributed by atoms with Crippen molar-refractivity contribution in [2.45, 2.75) is 13.3 Å². The largest absolute Gasteiger partial charge is 0.507 e. The molecule has 0 saturated carbocycles. The second-order valence-corrected chi connectivity index (χ2v) is 8.05. The van der Waals surface area contributed by atoms with Gasteiger partial charge in [0.15, 0.2) is 11.6 Å². The molecule has 11 nitrogen and oxygen atoms in total. The van der Waals surface area contributed by atoms with Crippen LogP contribution in [-0.2, 0) is 6.42 Å². The molecule has 1 amide bonds. The van der Waals surface area contributed by atoms with Crippen molar-refractivity contribution in [1.29, 1.82) is 0 Å². The van der Waals surface area contributed by atoms with E-state index in [4.69, 9.17) is 10.5 Å². The fraction of sp³-hybridized carbons (Fsp3) is 0.0769. The molecule has 0 spiro atoms. The number of rotatable bonds is 7. The number of carbonyl (C=O) groups excluding carboxylic acids is 1. The van der Waals surface area contributed by atoms with Crippen LogP contribution in [0.2, 0.25) is 0 Å². The maximum atomic E-state index is 14.9. The number of halogens is 1. The fourth-order valence-corrected chi connectivity index (χ4v) is 3.82. The Balaban J connectivity index is 1.34. The third-order valence-electron chi connectivity index (χ3n) is 5.58. The Morgan fingerprint density at radius 3 is 2.68 bits per heavy atom. The van der Waals surface area contributed by atoms with Gasteiger partial charge in [-0.15, -0.1) is 0 Å². The highest BCUT2D eigenvalue weighted by atomic mass is 19.1. The summed E-state index contributed by atoms with van der Waals surface area (Å²) in [6, 6.07) is 10.0. The van der Waals surface area contributed by atoms with Gasteiger partial charge in [-0.2, -0.15) is 5.10 Å². The minimum atomic E-state index is -0.698. The fourth-order valence-electron chi connectivity index (χ4n) is 3.82. The van der Waals surface area contributed by atoms with Crippen molar-refractivity contribution in [2.75, 3.05) is 11.1 Å². The summed E-state index contributed by atoms with van der Waals surface area (Å²) in [5.74, 6) is -0.960. The maximum Gasteiger partial charge on any atom is 0.259 e. The number of benzene rings is 2. The van der Waals surface area contributed by atoms with E-state index in [9.17, 15) is 14.3 Å². The van der Waals surface area contributed by atoms with Crippen molar-refractivity contribution in [3.05, 3.63) is 90.7 Å². The van der Waals surface area contributed by atoms with Gasteiger partial charge in [0, 0.05) is 23.5 Å². The van der Waals surface area contributed by atoms with Gasteiger partial charge in [0.05, 0.1) is 35.5 Å². The Bertz CT molecular complexity index is 1620. The van der Waals surface area contributed by atoms with Gasteiger partial charge < -0.3 is 20.9 Å². The third-order valence-corrected chi connectivity index (χ3v) is 5.58.